The van der Waals surface area contributed by atoms with Crippen LogP contribution in [0.3, 0.4) is 0 Å². The Balaban J connectivity index is 2.46. The second-order valence-corrected chi connectivity index (χ2v) is 7.23. The Labute approximate surface area is 119 Å². The number of hydrogen-bond acceptors (Lipinski definition) is 2. The fourth-order valence-corrected chi connectivity index (χ4v) is 1.67. The van der Waals surface area contributed by atoms with Gasteiger partial charge >= 0.3 is 0 Å². The Morgan fingerprint density at radius 3 is 2.28 bits per heavy atom. The van der Waals surface area contributed by atoms with Crippen LogP contribution in [0.4, 0.5) is 0 Å². The summed E-state index contributed by atoms with van der Waals surface area (Å²) in [4.78, 5) is 0. The van der Waals surface area contributed by atoms with Crippen molar-refractivity contribution in [3.8, 4) is 5.75 Å². The molecule has 0 atom stereocenters. The molecule has 0 aliphatic carbocycles. The summed E-state index contributed by atoms with van der Waals surface area (Å²) in [6, 6.07) is 7.89. The summed E-state index contributed by atoms with van der Waals surface area (Å²) in [5.41, 5.74) is -0.108. The van der Waals surface area contributed by atoms with Gasteiger partial charge in [0.2, 0.25) is 0 Å². The van der Waals surface area contributed by atoms with Crippen LogP contribution in [-0.4, -0.2) is 18.8 Å². The quantitative estimate of drug-likeness (QED) is 0.786. The molecule has 3 heteroatoms. The van der Waals surface area contributed by atoms with Crippen molar-refractivity contribution >= 4 is 15.9 Å². The normalized spacial score (nSPS) is 12.6. The van der Waals surface area contributed by atoms with Crippen LogP contribution in [0.2, 0.25) is 0 Å². The summed E-state index contributed by atoms with van der Waals surface area (Å²) in [7, 11) is 0. The molecule has 1 aromatic carbocycles. The van der Waals surface area contributed by atoms with Crippen molar-refractivity contribution in [1.82, 2.24) is 0 Å². The fourth-order valence-electron chi connectivity index (χ4n) is 1.29. The van der Waals surface area contributed by atoms with E-state index in [0.29, 0.717) is 13.2 Å². The lowest BCUT2D eigenvalue weighted by Gasteiger charge is -2.29. The first-order valence-corrected chi connectivity index (χ1v) is 7.00. The van der Waals surface area contributed by atoms with E-state index in [2.05, 4.69) is 50.5 Å². The van der Waals surface area contributed by atoms with Crippen molar-refractivity contribution in [2.24, 2.45) is 5.41 Å². The Kier molecular flexibility index (Phi) is 5.23. The Morgan fingerprint density at radius 2 is 1.72 bits per heavy atom. The van der Waals surface area contributed by atoms with Crippen molar-refractivity contribution in [2.75, 3.05) is 13.2 Å². The van der Waals surface area contributed by atoms with E-state index in [4.69, 9.17) is 9.47 Å². The lowest BCUT2D eigenvalue weighted by molar-refractivity contribution is -0.0532. The number of rotatable bonds is 5. The molecular formula is C15H23BrO2. The van der Waals surface area contributed by atoms with Crippen LogP contribution in [-0.2, 0) is 4.74 Å². The molecule has 0 bridgehead atoms. The zero-order valence-corrected chi connectivity index (χ0v) is 13.5. The lowest BCUT2D eigenvalue weighted by Crippen LogP contribution is -2.32. The predicted molar refractivity (Wildman–Crippen MR) is 79.1 cm³/mol. The Morgan fingerprint density at radius 1 is 1.06 bits per heavy atom. The zero-order chi connectivity index (χ0) is 13.8. The van der Waals surface area contributed by atoms with Gasteiger partial charge in [-0.15, -0.1) is 0 Å². The molecule has 1 rings (SSSR count). The Hall–Kier alpha value is -0.540. The average molecular weight is 315 g/mol. The summed E-state index contributed by atoms with van der Waals surface area (Å²) in [6.07, 6.45) is 0. The van der Waals surface area contributed by atoms with Crippen LogP contribution in [0.1, 0.15) is 34.6 Å². The number of benzene rings is 1. The van der Waals surface area contributed by atoms with Gasteiger partial charge in [-0.25, -0.2) is 0 Å². The molecule has 1 aromatic rings. The van der Waals surface area contributed by atoms with Gasteiger partial charge in [0.05, 0.1) is 18.8 Å². The molecule has 0 fully saturated rings. The van der Waals surface area contributed by atoms with Gasteiger partial charge in [0.1, 0.15) is 5.75 Å². The molecule has 0 aromatic heterocycles. The van der Waals surface area contributed by atoms with Gasteiger partial charge in [0, 0.05) is 9.89 Å². The fraction of sp³-hybridized carbons (Fsp3) is 0.600. The van der Waals surface area contributed by atoms with Crippen molar-refractivity contribution in [3.05, 3.63) is 28.7 Å². The third-order valence-electron chi connectivity index (χ3n) is 2.32. The molecule has 0 spiro atoms. The summed E-state index contributed by atoms with van der Waals surface area (Å²) in [5.74, 6) is 0.883. The lowest BCUT2D eigenvalue weighted by atomic mass is 9.96. The minimum Gasteiger partial charge on any atom is -0.493 e. The molecule has 0 heterocycles. The summed E-state index contributed by atoms with van der Waals surface area (Å²) in [6.45, 7) is 11.8. The highest BCUT2D eigenvalue weighted by Crippen LogP contribution is 2.23. The van der Waals surface area contributed by atoms with Gasteiger partial charge in [0.15, 0.2) is 0 Å². The molecule has 102 valence electrons. The summed E-state index contributed by atoms with van der Waals surface area (Å²) < 4.78 is 12.7. The smallest absolute Gasteiger partial charge is 0.120 e. The van der Waals surface area contributed by atoms with E-state index >= 15 is 0 Å². The van der Waals surface area contributed by atoms with Crippen LogP contribution in [0, 0.1) is 5.41 Å². The third-order valence-corrected chi connectivity index (χ3v) is 2.81. The van der Waals surface area contributed by atoms with Gasteiger partial charge in [0.25, 0.3) is 0 Å². The van der Waals surface area contributed by atoms with Crippen LogP contribution >= 0.6 is 15.9 Å². The number of hydrogen-bond donors (Lipinski definition) is 0. The standard InChI is InChI=1S/C15H23BrO2/c1-14(2,3)18-11-15(4,5)10-17-13-8-6-7-12(16)9-13/h6-9H,10-11H2,1-5H3. The van der Waals surface area contributed by atoms with E-state index in [0.717, 1.165) is 10.2 Å². The molecule has 0 saturated heterocycles. The van der Waals surface area contributed by atoms with E-state index in [1.807, 2.05) is 24.3 Å². The summed E-state index contributed by atoms with van der Waals surface area (Å²) in [5, 5.41) is 0. The highest BCUT2D eigenvalue weighted by atomic mass is 79.9. The first kappa shape index (κ1) is 15.5. The van der Waals surface area contributed by atoms with Gasteiger partial charge in [-0.3, -0.25) is 0 Å². The predicted octanol–water partition coefficient (Wildman–Crippen LogP) is 4.67. The first-order chi connectivity index (χ1) is 8.18. The molecule has 0 aliphatic rings. The van der Waals surface area contributed by atoms with Crippen molar-refractivity contribution in [3.63, 3.8) is 0 Å². The first-order valence-electron chi connectivity index (χ1n) is 6.20. The minimum atomic E-state index is -0.104. The van der Waals surface area contributed by atoms with Crippen molar-refractivity contribution in [1.29, 1.82) is 0 Å². The molecule has 0 amide bonds. The van der Waals surface area contributed by atoms with E-state index in [1.165, 1.54) is 0 Å². The van der Waals surface area contributed by atoms with Gasteiger partial charge in [-0.2, -0.15) is 0 Å². The monoisotopic (exact) mass is 314 g/mol. The second-order valence-electron chi connectivity index (χ2n) is 6.31. The topological polar surface area (TPSA) is 18.5 Å². The molecule has 18 heavy (non-hydrogen) atoms. The van der Waals surface area contributed by atoms with Crippen LogP contribution < -0.4 is 4.74 Å². The number of ether oxygens (including phenoxy) is 2. The van der Waals surface area contributed by atoms with Gasteiger partial charge in [-0.1, -0.05) is 35.8 Å². The molecule has 0 N–H and O–H groups in total. The molecule has 2 nitrogen and oxygen atoms in total. The second kappa shape index (κ2) is 6.07. The van der Waals surface area contributed by atoms with Crippen molar-refractivity contribution < 1.29 is 9.47 Å². The highest BCUT2D eigenvalue weighted by molar-refractivity contribution is 9.10. The van der Waals surface area contributed by atoms with Gasteiger partial charge in [-0.05, 0) is 39.0 Å². The molecular weight excluding hydrogens is 292 g/mol. The van der Waals surface area contributed by atoms with E-state index in [1.54, 1.807) is 0 Å². The van der Waals surface area contributed by atoms with Crippen molar-refractivity contribution in [2.45, 2.75) is 40.2 Å². The molecule has 0 radical (unpaired) electrons. The molecule has 0 aliphatic heterocycles. The maximum Gasteiger partial charge on any atom is 0.120 e. The van der Waals surface area contributed by atoms with Crippen LogP contribution in [0.15, 0.2) is 28.7 Å². The maximum absolute atomic E-state index is 5.82. The third kappa shape index (κ3) is 6.41. The highest BCUT2D eigenvalue weighted by Gasteiger charge is 2.23. The zero-order valence-electron chi connectivity index (χ0n) is 11.9. The SMILES string of the molecule is CC(C)(COc1cccc(Br)c1)COC(C)(C)C. The largest absolute Gasteiger partial charge is 0.493 e. The molecule has 0 saturated carbocycles. The minimum absolute atomic E-state index is 0.00437. The van der Waals surface area contributed by atoms with Gasteiger partial charge < -0.3 is 9.47 Å². The summed E-state index contributed by atoms with van der Waals surface area (Å²) >= 11 is 3.43. The van der Waals surface area contributed by atoms with Crippen LogP contribution in [0.5, 0.6) is 5.75 Å². The van der Waals surface area contributed by atoms with E-state index in [9.17, 15) is 0 Å². The van der Waals surface area contributed by atoms with Crippen LogP contribution in [0.25, 0.3) is 0 Å². The van der Waals surface area contributed by atoms with E-state index < -0.39 is 0 Å². The average Bonchev–Trinajstić information content (AvgIpc) is 2.24. The number of halogens is 1. The van der Waals surface area contributed by atoms with E-state index in [-0.39, 0.29) is 11.0 Å². The Bertz CT molecular complexity index is 380. The molecule has 0 unspecified atom stereocenters. The maximum atomic E-state index is 5.82.